The fourth-order valence-corrected chi connectivity index (χ4v) is 3.70. The topological polar surface area (TPSA) is 79.3 Å². The van der Waals surface area contributed by atoms with Crippen molar-refractivity contribution < 1.29 is 9.18 Å². The van der Waals surface area contributed by atoms with Crippen LogP contribution in [-0.2, 0) is 13.1 Å². The number of aromatic nitrogens is 2. The fourth-order valence-electron chi connectivity index (χ4n) is 3.70. The molecule has 0 radical (unpaired) electrons. The minimum atomic E-state index is -0.428. The summed E-state index contributed by atoms with van der Waals surface area (Å²) in [5.74, 6) is -0.368. The molecule has 1 fully saturated rings. The summed E-state index contributed by atoms with van der Waals surface area (Å²) >= 11 is 0. The van der Waals surface area contributed by atoms with Crippen LogP contribution in [0.4, 0.5) is 14.9 Å². The van der Waals surface area contributed by atoms with Gasteiger partial charge in [0.05, 0.1) is 24.2 Å². The minimum absolute atomic E-state index is 0.121. The molecule has 0 atom stereocenters. The zero-order valence-corrected chi connectivity index (χ0v) is 16.6. The number of benzene rings is 2. The predicted molar refractivity (Wildman–Crippen MR) is 114 cm³/mol. The third-order valence-electron chi connectivity index (χ3n) is 5.29. The van der Waals surface area contributed by atoms with Crippen molar-refractivity contribution >= 4 is 22.5 Å². The molecule has 156 valence electrons. The minimum Gasteiger partial charge on any atom is -0.332 e. The SMILES string of the molecule is O=C(NCc1nn(CCN2CCCC2)c(=O)c2ccccc12)Nc1ccc(F)cc1. The van der Waals surface area contributed by atoms with Gasteiger partial charge < -0.3 is 15.5 Å². The number of carbonyl (C=O) groups excluding carboxylic acids is 1. The van der Waals surface area contributed by atoms with Gasteiger partial charge in [0.25, 0.3) is 5.56 Å². The van der Waals surface area contributed by atoms with Gasteiger partial charge >= 0.3 is 6.03 Å². The molecule has 0 unspecified atom stereocenters. The van der Waals surface area contributed by atoms with Crippen LogP contribution in [0.2, 0.25) is 0 Å². The Balaban J connectivity index is 1.50. The Morgan fingerprint density at radius 1 is 1.00 bits per heavy atom. The molecule has 2 N–H and O–H groups in total. The molecule has 0 bridgehead atoms. The van der Waals surface area contributed by atoms with Crippen LogP contribution in [-0.4, -0.2) is 40.3 Å². The second-order valence-corrected chi connectivity index (χ2v) is 7.38. The third kappa shape index (κ3) is 4.65. The second kappa shape index (κ2) is 9.04. The van der Waals surface area contributed by atoms with Crippen molar-refractivity contribution in [3.63, 3.8) is 0 Å². The van der Waals surface area contributed by atoms with E-state index in [0.29, 0.717) is 23.3 Å². The van der Waals surface area contributed by atoms with Crippen LogP contribution in [0.5, 0.6) is 0 Å². The van der Waals surface area contributed by atoms with E-state index in [1.165, 1.54) is 41.8 Å². The van der Waals surface area contributed by atoms with Crippen LogP contribution in [0.3, 0.4) is 0 Å². The van der Waals surface area contributed by atoms with Crippen molar-refractivity contribution in [2.75, 3.05) is 25.0 Å². The van der Waals surface area contributed by atoms with Crippen molar-refractivity contribution in [3.8, 4) is 0 Å². The first-order valence-corrected chi connectivity index (χ1v) is 10.1. The number of urea groups is 1. The van der Waals surface area contributed by atoms with E-state index in [2.05, 4.69) is 20.6 Å². The third-order valence-corrected chi connectivity index (χ3v) is 5.29. The molecule has 4 rings (SSSR count). The normalized spacial score (nSPS) is 14.2. The fraction of sp³-hybridized carbons (Fsp3) is 0.318. The standard InChI is InChI=1S/C22H24FN5O2/c23-16-7-9-17(10-8-16)25-22(30)24-15-20-18-5-1-2-6-19(18)21(29)28(26-20)14-13-27-11-3-4-12-27/h1-2,5-10H,3-4,11-15H2,(H2,24,25,30). The summed E-state index contributed by atoms with van der Waals surface area (Å²) < 4.78 is 14.5. The molecular formula is C22H24FN5O2. The maximum Gasteiger partial charge on any atom is 0.319 e. The summed E-state index contributed by atoms with van der Waals surface area (Å²) in [5, 5.41) is 11.3. The van der Waals surface area contributed by atoms with Gasteiger partial charge in [0.1, 0.15) is 5.82 Å². The molecule has 2 heterocycles. The number of anilines is 1. The number of halogens is 1. The molecule has 0 saturated carbocycles. The summed E-state index contributed by atoms with van der Waals surface area (Å²) in [6, 6.07) is 12.4. The Kier molecular flexibility index (Phi) is 6.04. The van der Waals surface area contributed by atoms with Gasteiger partial charge in [-0.1, -0.05) is 18.2 Å². The Hall–Kier alpha value is -3.26. The van der Waals surface area contributed by atoms with Gasteiger partial charge in [-0.15, -0.1) is 0 Å². The van der Waals surface area contributed by atoms with Crippen LogP contribution < -0.4 is 16.2 Å². The Morgan fingerprint density at radius 2 is 1.70 bits per heavy atom. The van der Waals surface area contributed by atoms with E-state index in [1.54, 1.807) is 6.07 Å². The average Bonchev–Trinajstić information content (AvgIpc) is 3.28. The maximum atomic E-state index is 13.0. The van der Waals surface area contributed by atoms with Gasteiger partial charge in [-0.25, -0.2) is 13.9 Å². The quantitative estimate of drug-likeness (QED) is 0.656. The van der Waals surface area contributed by atoms with E-state index in [-0.39, 0.29) is 17.9 Å². The van der Waals surface area contributed by atoms with E-state index in [9.17, 15) is 14.0 Å². The number of hydrogen-bond acceptors (Lipinski definition) is 4. The van der Waals surface area contributed by atoms with Gasteiger partial charge in [0.2, 0.25) is 0 Å². The predicted octanol–water partition coefficient (Wildman–Crippen LogP) is 2.95. The van der Waals surface area contributed by atoms with E-state index in [4.69, 9.17) is 0 Å². The van der Waals surface area contributed by atoms with E-state index in [0.717, 1.165) is 25.0 Å². The Labute approximate surface area is 173 Å². The first-order valence-electron chi connectivity index (χ1n) is 10.1. The molecule has 0 spiro atoms. The summed E-state index contributed by atoms with van der Waals surface area (Å²) in [6.45, 7) is 3.57. The highest BCUT2D eigenvalue weighted by Gasteiger charge is 2.14. The number of nitrogens with zero attached hydrogens (tertiary/aromatic N) is 3. The van der Waals surface area contributed by atoms with Crippen LogP contribution in [0.25, 0.3) is 10.8 Å². The molecule has 30 heavy (non-hydrogen) atoms. The number of hydrogen-bond donors (Lipinski definition) is 2. The van der Waals surface area contributed by atoms with E-state index in [1.807, 2.05) is 18.2 Å². The highest BCUT2D eigenvalue weighted by Crippen LogP contribution is 2.14. The lowest BCUT2D eigenvalue weighted by molar-refractivity contribution is 0.251. The summed E-state index contributed by atoms with van der Waals surface area (Å²) in [6.07, 6.45) is 2.39. The smallest absolute Gasteiger partial charge is 0.319 e. The molecule has 1 aliphatic heterocycles. The number of carbonyl (C=O) groups is 1. The molecule has 1 saturated heterocycles. The number of rotatable bonds is 6. The monoisotopic (exact) mass is 409 g/mol. The van der Waals surface area contributed by atoms with Gasteiger partial charge in [-0.2, -0.15) is 5.10 Å². The number of nitrogens with one attached hydrogen (secondary N) is 2. The lowest BCUT2D eigenvalue weighted by Crippen LogP contribution is -2.33. The summed E-state index contributed by atoms with van der Waals surface area (Å²) in [7, 11) is 0. The number of amides is 2. The molecular weight excluding hydrogens is 385 g/mol. The van der Waals surface area contributed by atoms with Crippen molar-refractivity contribution in [1.82, 2.24) is 20.0 Å². The van der Waals surface area contributed by atoms with E-state index >= 15 is 0 Å². The zero-order chi connectivity index (χ0) is 20.9. The van der Waals surface area contributed by atoms with Crippen LogP contribution in [0.1, 0.15) is 18.5 Å². The van der Waals surface area contributed by atoms with Gasteiger partial charge in [-0.3, -0.25) is 4.79 Å². The molecule has 7 nitrogen and oxygen atoms in total. The summed E-state index contributed by atoms with van der Waals surface area (Å²) in [4.78, 5) is 27.4. The Bertz CT molecular complexity index is 1090. The average molecular weight is 409 g/mol. The van der Waals surface area contributed by atoms with Crippen molar-refractivity contribution in [2.24, 2.45) is 0 Å². The molecule has 8 heteroatoms. The number of likely N-dealkylation sites (tertiary alicyclic amines) is 1. The van der Waals surface area contributed by atoms with Gasteiger partial charge in [0.15, 0.2) is 0 Å². The number of fused-ring (bicyclic) bond motifs is 1. The van der Waals surface area contributed by atoms with Crippen LogP contribution >= 0.6 is 0 Å². The highest BCUT2D eigenvalue weighted by atomic mass is 19.1. The van der Waals surface area contributed by atoms with Crippen molar-refractivity contribution in [2.45, 2.75) is 25.9 Å². The highest BCUT2D eigenvalue weighted by molar-refractivity contribution is 5.89. The zero-order valence-electron chi connectivity index (χ0n) is 16.6. The summed E-state index contributed by atoms with van der Waals surface area (Å²) in [5.41, 5.74) is 0.993. The lowest BCUT2D eigenvalue weighted by Gasteiger charge is -2.16. The van der Waals surface area contributed by atoms with Gasteiger partial charge in [0, 0.05) is 17.6 Å². The second-order valence-electron chi connectivity index (χ2n) is 7.38. The van der Waals surface area contributed by atoms with Gasteiger partial charge in [-0.05, 0) is 56.3 Å². The molecule has 2 amide bonds. The first kappa shape index (κ1) is 20.0. The first-order chi connectivity index (χ1) is 14.6. The Morgan fingerprint density at radius 3 is 2.43 bits per heavy atom. The van der Waals surface area contributed by atoms with Crippen LogP contribution in [0, 0.1) is 5.82 Å². The van der Waals surface area contributed by atoms with E-state index < -0.39 is 6.03 Å². The molecule has 0 aliphatic carbocycles. The molecule has 3 aromatic rings. The molecule has 1 aromatic heterocycles. The molecule has 2 aromatic carbocycles. The van der Waals surface area contributed by atoms with Crippen LogP contribution in [0.15, 0.2) is 53.3 Å². The maximum absolute atomic E-state index is 13.0. The molecule has 1 aliphatic rings. The lowest BCUT2D eigenvalue weighted by atomic mass is 10.1. The largest absolute Gasteiger partial charge is 0.332 e. The van der Waals surface area contributed by atoms with Crippen molar-refractivity contribution in [1.29, 1.82) is 0 Å². The van der Waals surface area contributed by atoms with Crippen molar-refractivity contribution in [3.05, 3.63) is 70.4 Å².